The first-order valence-electron chi connectivity index (χ1n) is 4.96. The van der Waals surface area contributed by atoms with Crippen LogP contribution in [0.25, 0.3) is 0 Å². The van der Waals surface area contributed by atoms with Crippen LogP contribution in [0.2, 0.25) is 0 Å². The molecule has 0 aliphatic heterocycles. The fourth-order valence-electron chi connectivity index (χ4n) is 1.04. The van der Waals surface area contributed by atoms with Gasteiger partial charge in [0.05, 0.1) is 20.1 Å². The normalized spacial score (nSPS) is 12.3. The largest absolute Gasteiger partial charge is 0.468 e. The second-order valence-corrected chi connectivity index (χ2v) is 3.23. The van der Waals surface area contributed by atoms with Gasteiger partial charge in [-0.3, -0.25) is 14.5 Å². The van der Waals surface area contributed by atoms with E-state index in [0.29, 0.717) is 13.2 Å². The molecule has 0 aliphatic carbocycles. The predicted molar refractivity (Wildman–Crippen MR) is 55.4 cm³/mol. The van der Waals surface area contributed by atoms with Crippen molar-refractivity contribution in [3.63, 3.8) is 0 Å². The highest BCUT2D eigenvalue weighted by Gasteiger charge is 2.18. The molecule has 0 bridgehead atoms. The molecule has 0 aromatic heterocycles. The number of hydrogen-bond acceptors (Lipinski definition) is 5. The zero-order chi connectivity index (χ0) is 11.8. The van der Waals surface area contributed by atoms with Gasteiger partial charge in [-0.15, -0.1) is 0 Å². The summed E-state index contributed by atoms with van der Waals surface area (Å²) in [5.41, 5.74) is 0. The number of likely N-dealkylation sites (N-methyl/N-ethyl adjacent to an activating group) is 1. The van der Waals surface area contributed by atoms with E-state index in [1.807, 2.05) is 0 Å². The smallest absolute Gasteiger partial charge is 0.322 e. The van der Waals surface area contributed by atoms with E-state index in [-0.39, 0.29) is 24.4 Å². The average Bonchev–Trinajstić information content (AvgIpc) is 2.24. The summed E-state index contributed by atoms with van der Waals surface area (Å²) in [5.74, 6) is -0.553. The Morgan fingerprint density at radius 3 is 2.47 bits per heavy atom. The molecule has 0 aromatic carbocycles. The molecule has 5 nitrogen and oxygen atoms in total. The van der Waals surface area contributed by atoms with E-state index in [1.54, 1.807) is 25.8 Å². The highest BCUT2D eigenvalue weighted by atomic mass is 16.5. The molecule has 88 valence electrons. The number of nitrogens with zero attached hydrogens (tertiary/aromatic N) is 1. The molecule has 0 heterocycles. The van der Waals surface area contributed by atoms with Crippen LogP contribution in [0.15, 0.2) is 0 Å². The lowest BCUT2D eigenvalue weighted by atomic mass is 10.3. The molecule has 0 aromatic rings. The van der Waals surface area contributed by atoms with Crippen molar-refractivity contribution in [3.8, 4) is 0 Å². The molecule has 15 heavy (non-hydrogen) atoms. The summed E-state index contributed by atoms with van der Waals surface area (Å²) < 4.78 is 9.37. The average molecular weight is 217 g/mol. The van der Waals surface area contributed by atoms with E-state index in [2.05, 4.69) is 4.74 Å². The van der Waals surface area contributed by atoms with Crippen molar-refractivity contribution in [1.82, 2.24) is 4.90 Å². The molecule has 0 saturated carbocycles. The van der Waals surface area contributed by atoms with Gasteiger partial charge in [-0.2, -0.15) is 0 Å². The lowest BCUT2D eigenvalue weighted by Crippen LogP contribution is -2.38. The minimum absolute atomic E-state index is 0.249. The second-order valence-electron chi connectivity index (χ2n) is 3.23. The first-order valence-corrected chi connectivity index (χ1v) is 4.96. The van der Waals surface area contributed by atoms with Crippen molar-refractivity contribution >= 4 is 11.9 Å². The molecular formula is C10H19NO4. The van der Waals surface area contributed by atoms with Gasteiger partial charge in [-0.05, 0) is 20.9 Å². The third kappa shape index (κ3) is 5.37. The molecule has 0 rings (SSSR count). The van der Waals surface area contributed by atoms with Crippen LogP contribution in [0.1, 0.15) is 20.3 Å². The molecule has 0 fully saturated rings. The summed E-state index contributed by atoms with van der Waals surface area (Å²) in [5, 5.41) is 0. The van der Waals surface area contributed by atoms with Crippen LogP contribution in [-0.4, -0.2) is 50.2 Å². The molecule has 1 atom stereocenters. The van der Waals surface area contributed by atoms with Gasteiger partial charge < -0.3 is 9.47 Å². The third-order valence-electron chi connectivity index (χ3n) is 2.18. The Balaban J connectivity index is 3.87. The van der Waals surface area contributed by atoms with Gasteiger partial charge in [0, 0.05) is 6.54 Å². The number of methoxy groups -OCH3 is 1. The monoisotopic (exact) mass is 217 g/mol. The Bertz CT molecular complexity index is 217. The fraction of sp³-hybridized carbons (Fsp3) is 0.800. The van der Waals surface area contributed by atoms with Crippen LogP contribution < -0.4 is 0 Å². The van der Waals surface area contributed by atoms with Crippen molar-refractivity contribution in [1.29, 1.82) is 0 Å². The van der Waals surface area contributed by atoms with Crippen LogP contribution in [-0.2, 0) is 19.1 Å². The summed E-state index contributed by atoms with van der Waals surface area (Å²) in [6, 6.07) is -0.343. The van der Waals surface area contributed by atoms with Gasteiger partial charge in [0.1, 0.15) is 6.04 Å². The maximum atomic E-state index is 11.1. The predicted octanol–water partition coefficient (Wildman–Crippen LogP) is 0.433. The summed E-state index contributed by atoms with van der Waals surface area (Å²) in [7, 11) is 3.11. The van der Waals surface area contributed by atoms with Crippen LogP contribution in [0, 0.1) is 0 Å². The van der Waals surface area contributed by atoms with Gasteiger partial charge >= 0.3 is 11.9 Å². The Labute approximate surface area is 90.3 Å². The van der Waals surface area contributed by atoms with E-state index in [1.165, 1.54) is 7.11 Å². The lowest BCUT2D eigenvalue weighted by Gasteiger charge is -2.21. The fourth-order valence-corrected chi connectivity index (χ4v) is 1.04. The number of rotatable bonds is 6. The zero-order valence-electron chi connectivity index (χ0n) is 9.78. The Kier molecular flexibility index (Phi) is 6.70. The van der Waals surface area contributed by atoms with E-state index in [9.17, 15) is 9.59 Å². The van der Waals surface area contributed by atoms with Crippen molar-refractivity contribution < 1.29 is 19.1 Å². The van der Waals surface area contributed by atoms with Gasteiger partial charge in [-0.1, -0.05) is 0 Å². The van der Waals surface area contributed by atoms with E-state index in [0.717, 1.165) is 0 Å². The molecule has 0 amide bonds. The SMILES string of the molecule is CCOC(=O)CCN(C)C(C)C(=O)OC. The van der Waals surface area contributed by atoms with Crippen LogP contribution in [0.5, 0.6) is 0 Å². The Morgan fingerprint density at radius 2 is 2.00 bits per heavy atom. The first-order chi connectivity index (χ1) is 7.02. The van der Waals surface area contributed by atoms with Crippen LogP contribution in [0.4, 0.5) is 0 Å². The highest BCUT2D eigenvalue weighted by Crippen LogP contribution is 1.99. The van der Waals surface area contributed by atoms with Gasteiger partial charge in [0.15, 0.2) is 0 Å². The summed E-state index contributed by atoms with van der Waals surface area (Å²) in [6.07, 6.45) is 0.283. The molecule has 0 saturated heterocycles. The Morgan fingerprint density at radius 1 is 1.40 bits per heavy atom. The molecule has 0 spiro atoms. The van der Waals surface area contributed by atoms with Crippen molar-refractivity contribution in [2.24, 2.45) is 0 Å². The maximum absolute atomic E-state index is 11.1. The maximum Gasteiger partial charge on any atom is 0.322 e. The molecule has 5 heteroatoms. The van der Waals surface area contributed by atoms with Crippen molar-refractivity contribution in [2.45, 2.75) is 26.3 Å². The molecular weight excluding hydrogens is 198 g/mol. The number of hydrogen-bond donors (Lipinski definition) is 0. The number of carbonyl (C=O) groups is 2. The summed E-state index contributed by atoms with van der Waals surface area (Å²) in [4.78, 5) is 23.9. The summed E-state index contributed by atoms with van der Waals surface area (Å²) >= 11 is 0. The van der Waals surface area contributed by atoms with Crippen LogP contribution in [0.3, 0.4) is 0 Å². The minimum Gasteiger partial charge on any atom is -0.468 e. The van der Waals surface area contributed by atoms with E-state index < -0.39 is 0 Å². The number of carbonyl (C=O) groups excluding carboxylic acids is 2. The van der Waals surface area contributed by atoms with E-state index >= 15 is 0 Å². The molecule has 0 aliphatic rings. The lowest BCUT2D eigenvalue weighted by molar-refractivity contribution is -0.148. The highest BCUT2D eigenvalue weighted by molar-refractivity contribution is 5.75. The first kappa shape index (κ1) is 13.9. The second kappa shape index (κ2) is 7.23. The Hall–Kier alpha value is -1.10. The van der Waals surface area contributed by atoms with Gasteiger partial charge in [0.2, 0.25) is 0 Å². The van der Waals surface area contributed by atoms with Crippen molar-refractivity contribution in [3.05, 3.63) is 0 Å². The minimum atomic E-state index is -0.343. The topological polar surface area (TPSA) is 55.8 Å². The summed E-state index contributed by atoms with van der Waals surface area (Å²) in [6.45, 7) is 4.36. The van der Waals surface area contributed by atoms with E-state index in [4.69, 9.17) is 4.74 Å². The standard InChI is InChI=1S/C10H19NO4/c1-5-15-9(12)6-7-11(3)8(2)10(13)14-4/h8H,5-7H2,1-4H3. The molecule has 1 unspecified atom stereocenters. The molecule has 0 radical (unpaired) electrons. The number of ether oxygens (including phenoxy) is 2. The third-order valence-corrected chi connectivity index (χ3v) is 2.18. The van der Waals surface area contributed by atoms with Gasteiger partial charge in [-0.25, -0.2) is 0 Å². The van der Waals surface area contributed by atoms with Crippen LogP contribution >= 0.6 is 0 Å². The quantitative estimate of drug-likeness (QED) is 0.604. The van der Waals surface area contributed by atoms with Crippen molar-refractivity contribution in [2.75, 3.05) is 27.3 Å². The number of esters is 2. The zero-order valence-corrected chi connectivity index (χ0v) is 9.78. The molecule has 0 N–H and O–H groups in total. The van der Waals surface area contributed by atoms with Gasteiger partial charge in [0.25, 0.3) is 0 Å².